The minimum absolute atomic E-state index is 0.0524. The van der Waals surface area contributed by atoms with Gasteiger partial charge in [0.15, 0.2) is 11.5 Å². The van der Waals surface area contributed by atoms with Crippen LogP contribution < -0.4 is 9.47 Å². The van der Waals surface area contributed by atoms with Crippen LogP contribution in [0.1, 0.15) is 74.1 Å². The Morgan fingerprint density at radius 2 is 1.86 bits per heavy atom. The molecular formula is C27H32ClN3O4. The van der Waals surface area contributed by atoms with E-state index in [0.29, 0.717) is 53.2 Å². The molecule has 0 radical (unpaired) electrons. The zero-order valence-corrected chi connectivity index (χ0v) is 21.2. The van der Waals surface area contributed by atoms with Crippen molar-refractivity contribution in [2.45, 2.75) is 52.5 Å². The Hall–Kier alpha value is -3.19. The first-order valence-electron chi connectivity index (χ1n) is 12.3. The Morgan fingerprint density at radius 3 is 2.60 bits per heavy atom. The summed E-state index contributed by atoms with van der Waals surface area (Å²) >= 11 is 6.23. The zero-order valence-electron chi connectivity index (χ0n) is 20.4. The number of H-pyrrole nitrogens is 1. The van der Waals surface area contributed by atoms with E-state index in [2.05, 4.69) is 24.0 Å². The van der Waals surface area contributed by atoms with Crippen LogP contribution in [-0.2, 0) is 0 Å². The van der Waals surface area contributed by atoms with Gasteiger partial charge in [-0.3, -0.25) is 9.89 Å². The fourth-order valence-corrected chi connectivity index (χ4v) is 4.59. The highest BCUT2D eigenvalue weighted by Crippen LogP contribution is 2.46. The van der Waals surface area contributed by atoms with Gasteiger partial charge in [0.2, 0.25) is 0 Å². The van der Waals surface area contributed by atoms with Crippen molar-refractivity contribution in [3.8, 4) is 28.5 Å². The number of phenolic OH excluding ortho intramolecular Hbond substituents is 1. The molecule has 3 aromatic rings. The fourth-order valence-electron chi connectivity index (χ4n) is 4.41. The van der Waals surface area contributed by atoms with Crippen LogP contribution >= 0.6 is 11.6 Å². The number of phenols is 1. The third-order valence-corrected chi connectivity index (χ3v) is 6.40. The van der Waals surface area contributed by atoms with E-state index in [1.807, 2.05) is 30.0 Å². The number of carbonyl (C=O) groups excluding carboxylic acids is 1. The number of rotatable bonds is 11. The summed E-state index contributed by atoms with van der Waals surface area (Å²) in [6, 6.07) is 10.3. The maximum absolute atomic E-state index is 13.4. The van der Waals surface area contributed by atoms with Crippen molar-refractivity contribution >= 4 is 17.5 Å². The van der Waals surface area contributed by atoms with Gasteiger partial charge in [0.25, 0.3) is 5.91 Å². The lowest BCUT2D eigenvalue weighted by Gasteiger charge is -2.27. The molecule has 0 aliphatic carbocycles. The fraction of sp³-hybridized carbons (Fsp3) is 0.407. The van der Waals surface area contributed by atoms with E-state index in [-0.39, 0.29) is 17.7 Å². The highest BCUT2D eigenvalue weighted by Gasteiger charge is 2.42. The van der Waals surface area contributed by atoms with Crippen molar-refractivity contribution in [3.63, 3.8) is 0 Å². The summed E-state index contributed by atoms with van der Waals surface area (Å²) in [6.07, 6.45) is 3.83. The van der Waals surface area contributed by atoms with Crippen molar-refractivity contribution in [2.24, 2.45) is 0 Å². The van der Waals surface area contributed by atoms with Gasteiger partial charge >= 0.3 is 0 Å². The number of aromatic amines is 1. The minimum atomic E-state index is -0.389. The molecule has 1 atom stereocenters. The number of carbonyl (C=O) groups is 1. The highest BCUT2D eigenvalue weighted by atomic mass is 35.5. The first-order chi connectivity index (χ1) is 17.0. The molecule has 1 unspecified atom stereocenters. The second kappa shape index (κ2) is 11.0. The number of hydrogen-bond donors (Lipinski definition) is 2. The van der Waals surface area contributed by atoms with Crippen molar-refractivity contribution in [1.29, 1.82) is 0 Å². The molecule has 0 spiro atoms. The molecule has 0 saturated carbocycles. The summed E-state index contributed by atoms with van der Waals surface area (Å²) in [6.45, 7) is 7.86. The lowest BCUT2D eigenvalue weighted by molar-refractivity contribution is 0.0741. The molecule has 186 valence electrons. The molecule has 2 aromatic carbocycles. The maximum Gasteiger partial charge on any atom is 0.273 e. The Kier molecular flexibility index (Phi) is 7.86. The van der Waals surface area contributed by atoms with E-state index in [0.717, 1.165) is 36.8 Å². The van der Waals surface area contributed by atoms with Crippen LogP contribution in [0, 0.1) is 0 Å². The average Bonchev–Trinajstić information content (AvgIpc) is 3.39. The van der Waals surface area contributed by atoms with Crippen LogP contribution in [-0.4, -0.2) is 45.9 Å². The smallest absolute Gasteiger partial charge is 0.273 e. The molecule has 1 aromatic heterocycles. The topological polar surface area (TPSA) is 87.7 Å². The lowest BCUT2D eigenvalue weighted by Crippen LogP contribution is -2.30. The van der Waals surface area contributed by atoms with Crippen LogP contribution in [0.5, 0.6) is 17.2 Å². The molecule has 1 aliphatic heterocycles. The van der Waals surface area contributed by atoms with Gasteiger partial charge in [-0.05, 0) is 55.7 Å². The summed E-state index contributed by atoms with van der Waals surface area (Å²) in [5.74, 6) is 1.28. The lowest BCUT2D eigenvalue weighted by atomic mass is 9.95. The zero-order chi connectivity index (χ0) is 24.9. The Labute approximate surface area is 211 Å². The Bertz CT molecular complexity index is 1190. The van der Waals surface area contributed by atoms with Gasteiger partial charge in [-0.1, -0.05) is 44.4 Å². The normalized spacial score (nSPS) is 14.9. The number of aromatic nitrogens is 2. The number of ether oxygens (including phenoxy) is 2. The van der Waals surface area contributed by atoms with E-state index in [4.69, 9.17) is 21.1 Å². The summed E-state index contributed by atoms with van der Waals surface area (Å²) < 4.78 is 11.9. The molecule has 8 heteroatoms. The van der Waals surface area contributed by atoms with E-state index >= 15 is 0 Å². The standard InChI is InChI=1S/C27H32ClN3O4/c1-4-7-13-31-26(17-9-12-21(35-14-8-5-2)22(15-17)34-6-3)23-24(29-30-25(23)27(31)33)19-16-18(28)10-11-20(19)32/h9-12,15-16,26,32H,4-8,13-14H2,1-3H3,(H,29,30). The number of benzene rings is 2. The van der Waals surface area contributed by atoms with Gasteiger partial charge in [0.1, 0.15) is 17.1 Å². The molecule has 0 bridgehead atoms. The number of fused-ring (bicyclic) bond motifs is 1. The summed E-state index contributed by atoms with van der Waals surface area (Å²) in [7, 11) is 0. The summed E-state index contributed by atoms with van der Waals surface area (Å²) in [4.78, 5) is 15.3. The predicted octanol–water partition coefficient (Wildman–Crippen LogP) is 6.36. The number of amides is 1. The Balaban J connectivity index is 1.82. The molecule has 35 heavy (non-hydrogen) atoms. The largest absolute Gasteiger partial charge is 0.507 e. The maximum atomic E-state index is 13.4. The minimum Gasteiger partial charge on any atom is -0.507 e. The number of nitrogens with one attached hydrogen (secondary N) is 1. The number of halogens is 1. The number of unbranched alkanes of at least 4 members (excludes halogenated alkanes) is 2. The first kappa shape index (κ1) is 24.9. The van der Waals surface area contributed by atoms with E-state index in [9.17, 15) is 9.90 Å². The van der Waals surface area contributed by atoms with Crippen molar-refractivity contribution in [1.82, 2.24) is 15.1 Å². The van der Waals surface area contributed by atoms with Gasteiger partial charge in [-0.2, -0.15) is 5.10 Å². The second-order valence-electron chi connectivity index (χ2n) is 8.62. The van der Waals surface area contributed by atoms with Gasteiger partial charge in [0, 0.05) is 22.7 Å². The number of nitrogens with zero attached hydrogens (tertiary/aromatic N) is 2. The molecule has 0 fully saturated rings. The first-order valence-corrected chi connectivity index (χ1v) is 12.7. The average molecular weight is 498 g/mol. The number of hydrogen-bond acceptors (Lipinski definition) is 5. The van der Waals surface area contributed by atoms with Gasteiger partial charge in [-0.25, -0.2) is 0 Å². The molecule has 4 rings (SSSR count). The predicted molar refractivity (Wildman–Crippen MR) is 136 cm³/mol. The quantitative estimate of drug-likeness (QED) is 0.301. The third kappa shape index (κ3) is 4.96. The monoisotopic (exact) mass is 497 g/mol. The Morgan fingerprint density at radius 1 is 1.06 bits per heavy atom. The van der Waals surface area contributed by atoms with Crippen molar-refractivity contribution < 1.29 is 19.4 Å². The number of aromatic hydroxyl groups is 1. The molecular weight excluding hydrogens is 466 g/mol. The van der Waals surface area contributed by atoms with Crippen LogP contribution in [0.15, 0.2) is 36.4 Å². The molecule has 2 heterocycles. The van der Waals surface area contributed by atoms with Gasteiger partial charge in [0.05, 0.1) is 19.3 Å². The van der Waals surface area contributed by atoms with E-state index in [1.54, 1.807) is 12.1 Å². The van der Waals surface area contributed by atoms with Crippen molar-refractivity contribution in [3.05, 3.63) is 58.2 Å². The molecule has 1 aliphatic rings. The SMILES string of the molecule is CCCCOc1ccc(C2c3c(-c4cc(Cl)ccc4O)n[nH]c3C(=O)N2CCCC)cc1OCC. The molecule has 1 amide bonds. The second-order valence-corrected chi connectivity index (χ2v) is 9.05. The molecule has 7 nitrogen and oxygen atoms in total. The summed E-state index contributed by atoms with van der Waals surface area (Å²) in [5.41, 5.74) is 3.05. The van der Waals surface area contributed by atoms with E-state index in [1.165, 1.54) is 6.07 Å². The van der Waals surface area contributed by atoms with Gasteiger partial charge in [-0.15, -0.1) is 0 Å². The van der Waals surface area contributed by atoms with Crippen LogP contribution in [0.25, 0.3) is 11.3 Å². The van der Waals surface area contributed by atoms with Crippen LogP contribution in [0.4, 0.5) is 0 Å². The van der Waals surface area contributed by atoms with E-state index < -0.39 is 0 Å². The highest BCUT2D eigenvalue weighted by molar-refractivity contribution is 6.31. The molecule has 2 N–H and O–H groups in total. The third-order valence-electron chi connectivity index (χ3n) is 6.17. The molecule has 0 saturated heterocycles. The van der Waals surface area contributed by atoms with Crippen molar-refractivity contribution in [2.75, 3.05) is 19.8 Å². The summed E-state index contributed by atoms with van der Waals surface area (Å²) in [5, 5.41) is 18.4. The van der Waals surface area contributed by atoms with Crippen LogP contribution in [0.3, 0.4) is 0 Å². The van der Waals surface area contributed by atoms with Gasteiger partial charge < -0.3 is 19.5 Å². The van der Waals surface area contributed by atoms with Crippen LogP contribution in [0.2, 0.25) is 5.02 Å².